The zero-order valence-corrected chi connectivity index (χ0v) is 20.0. The van der Waals surface area contributed by atoms with Crippen molar-refractivity contribution in [3.8, 4) is 11.7 Å². The number of aryl methyl sites for hydroxylation is 1. The summed E-state index contributed by atoms with van der Waals surface area (Å²) < 4.78 is 32.9. The highest BCUT2D eigenvalue weighted by Crippen LogP contribution is 2.21. The van der Waals surface area contributed by atoms with Gasteiger partial charge in [0.15, 0.2) is 11.6 Å². The van der Waals surface area contributed by atoms with Gasteiger partial charge in [0.1, 0.15) is 12.3 Å². The van der Waals surface area contributed by atoms with Gasteiger partial charge in [0, 0.05) is 31.1 Å². The number of aromatic nitrogens is 6. The number of nitrogens with zero attached hydrogens (tertiary/aromatic N) is 7. The van der Waals surface area contributed by atoms with Crippen LogP contribution in [0.5, 0.6) is 5.88 Å². The summed E-state index contributed by atoms with van der Waals surface area (Å²) in [5, 5.41) is 16.5. The molecule has 3 rings (SSSR count). The van der Waals surface area contributed by atoms with E-state index in [0.29, 0.717) is 34.8 Å². The molecular formula is C24H29F2N7O. The van der Waals surface area contributed by atoms with Crippen LogP contribution in [0.1, 0.15) is 50.6 Å². The van der Waals surface area contributed by atoms with E-state index in [1.807, 2.05) is 24.2 Å². The lowest BCUT2D eigenvalue weighted by Crippen LogP contribution is -2.13. The zero-order chi connectivity index (χ0) is 24.7. The Balaban J connectivity index is 1.70. The molecule has 0 N–H and O–H groups in total. The van der Waals surface area contributed by atoms with Gasteiger partial charge in [-0.25, -0.2) is 13.8 Å². The van der Waals surface area contributed by atoms with Crippen LogP contribution in [0.2, 0.25) is 0 Å². The maximum atomic E-state index is 12.8. The number of ether oxygens (including phenoxy) is 1. The Kier molecular flexibility index (Phi) is 8.39. The fraction of sp³-hybridized carbons (Fsp3) is 0.375. The summed E-state index contributed by atoms with van der Waals surface area (Å²) in [6.07, 6.45) is 5.82. The Labute approximate surface area is 198 Å². The minimum absolute atomic E-state index is 0.111. The fourth-order valence-corrected chi connectivity index (χ4v) is 3.03. The van der Waals surface area contributed by atoms with Crippen LogP contribution in [0.25, 0.3) is 5.82 Å². The number of hydrogen-bond acceptors (Lipinski definition) is 7. The molecule has 0 radical (unpaired) electrons. The summed E-state index contributed by atoms with van der Waals surface area (Å²) in [6, 6.07) is 6.35. The van der Waals surface area contributed by atoms with Crippen LogP contribution in [0.3, 0.4) is 0 Å². The van der Waals surface area contributed by atoms with Crippen LogP contribution in [0, 0.1) is 12.8 Å². The number of alkyl halides is 2. The summed E-state index contributed by atoms with van der Waals surface area (Å²) in [4.78, 5) is 5.99. The Morgan fingerprint density at radius 1 is 1.15 bits per heavy atom. The third-order valence-electron chi connectivity index (χ3n) is 5.10. The lowest BCUT2D eigenvalue weighted by molar-refractivity contribution is 0.151. The molecule has 0 aliphatic carbocycles. The summed E-state index contributed by atoms with van der Waals surface area (Å²) in [5.41, 5.74) is 2.30. The molecule has 0 aliphatic rings. The maximum Gasteiger partial charge on any atom is 0.265 e. The summed E-state index contributed by atoms with van der Waals surface area (Å²) in [7, 11) is 1.92. The van der Waals surface area contributed by atoms with Crippen molar-refractivity contribution in [2.75, 3.05) is 11.9 Å². The van der Waals surface area contributed by atoms with Gasteiger partial charge in [-0.1, -0.05) is 38.1 Å². The Hall–Kier alpha value is -3.69. The van der Waals surface area contributed by atoms with E-state index >= 15 is 0 Å². The van der Waals surface area contributed by atoms with Crippen molar-refractivity contribution in [3.05, 3.63) is 71.3 Å². The monoisotopic (exact) mass is 469 g/mol. The number of anilines is 1. The van der Waals surface area contributed by atoms with Crippen LogP contribution >= 0.6 is 0 Å². The molecule has 0 unspecified atom stereocenters. The van der Waals surface area contributed by atoms with Gasteiger partial charge in [-0.05, 0) is 43.0 Å². The molecule has 0 atom stereocenters. The molecule has 3 heterocycles. The lowest BCUT2D eigenvalue weighted by Gasteiger charge is -2.16. The summed E-state index contributed by atoms with van der Waals surface area (Å²) >= 11 is 0. The van der Waals surface area contributed by atoms with Crippen molar-refractivity contribution in [2.45, 2.75) is 47.1 Å². The van der Waals surface area contributed by atoms with Crippen LogP contribution in [0.4, 0.5) is 14.6 Å². The van der Waals surface area contributed by atoms with Crippen LogP contribution < -0.4 is 9.64 Å². The van der Waals surface area contributed by atoms with E-state index < -0.39 is 6.43 Å². The number of rotatable bonds is 10. The van der Waals surface area contributed by atoms with E-state index in [1.54, 1.807) is 13.0 Å². The van der Waals surface area contributed by atoms with Gasteiger partial charge in [0.2, 0.25) is 5.88 Å². The van der Waals surface area contributed by atoms with Crippen molar-refractivity contribution < 1.29 is 13.5 Å². The average molecular weight is 470 g/mol. The van der Waals surface area contributed by atoms with Gasteiger partial charge < -0.3 is 9.64 Å². The molecule has 34 heavy (non-hydrogen) atoms. The minimum atomic E-state index is -2.58. The Morgan fingerprint density at radius 3 is 2.53 bits per heavy atom. The largest absolute Gasteiger partial charge is 0.470 e. The highest BCUT2D eigenvalue weighted by atomic mass is 19.3. The average Bonchev–Trinajstić information content (AvgIpc) is 3.20. The standard InChI is InChI=1S/C24H29F2N7O/c1-6-7-8-19(16(2)3)14-32(5)22-11-12-23(30-29-22)34-15-20-17(4)28-31-33(20)21-10-9-18(13-27-21)24(25)26/h7-14,16,24H,6,15H2,1-5H3/b8-7+,19-14+. The molecule has 0 amide bonds. The van der Waals surface area contributed by atoms with E-state index in [9.17, 15) is 8.78 Å². The molecule has 0 saturated heterocycles. The van der Waals surface area contributed by atoms with E-state index in [0.717, 1.165) is 12.6 Å². The molecule has 180 valence electrons. The molecule has 3 aromatic rings. The molecule has 0 fully saturated rings. The fourth-order valence-electron chi connectivity index (χ4n) is 3.03. The molecule has 10 heteroatoms. The molecule has 0 spiro atoms. The zero-order valence-electron chi connectivity index (χ0n) is 20.0. The van der Waals surface area contributed by atoms with E-state index in [-0.39, 0.29) is 12.2 Å². The SMILES string of the molecule is CC/C=C/C(=C\N(C)c1ccc(OCc2c(C)nnn2-c2ccc(C(F)F)cn2)nn1)C(C)C. The lowest BCUT2D eigenvalue weighted by atomic mass is 10.0. The Morgan fingerprint density at radius 2 is 1.94 bits per heavy atom. The third-order valence-corrected chi connectivity index (χ3v) is 5.10. The normalized spacial score (nSPS) is 12.2. The van der Waals surface area contributed by atoms with Gasteiger partial charge in [0.25, 0.3) is 6.43 Å². The number of pyridine rings is 1. The molecule has 0 aromatic carbocycles. The van der Waals surface area contributed by atoms with Crippen LogP contribution in [-0.2, 0) is 6.61 Å². The first kappa shape index (κ1) is 24.9. The molecule has 0 saturated carbocycles. The van der Waals surface area contributed by atoms with Gasteiger partial charge >= 0.3 is 0 Å². The second-order valence-electron chi connectivity index (χ2n) is 8.01. The number of allylic oxidation sites excluding steroid dienone is 3. The molecule has 8 nitrogen and oxygen atoms in total. The van der Waals surface area contributed by atoms with Gasteiger partial charge in [-0.2, -0.15) is 4.68 Å². The molecular weight excluding hydrogens is 440 g/mol. The second kappa shape index (κ2) is 11.4. The predicted molar refractivity (Wildman–Crippen MR) is 126 cm³/mol. The smallest absolute Gasteiger partial charge is 0.265 e. The third kappa shape index (κ3) is 6.21. The highest BCUT2D eigenvalue weighted by molar-refractivity contribution is 5.43. The first-order valence-corrected chi connectivity index (χ1v) is 11.0. The second-order valence-corrected chi connectivity index (χ2v) is 8.01. The Bertz CT molecular complexity index is 1120. The van der Waals surface area contributed by atoms with Crippen molar-refractivity contribution >= 4 is 5.82 Å². The first-order valence-electron chi connectivity index (χ1n) is 11.0. The van der Waals surface area contributed by atoms with Gasteiger partial charge in [-0.3, -0.25) is 0 Å². The van der Waals surface area contributed by atoms with Crippen molar-refractivity contribution in [3.63, 3.8) is 0 Å². The number of halogens is 2. The van der Waals surface area contributed by atoms with Crippen LogP contribution in [-0.4, -0.2) is 37.2 Å². The van der Waals surface area contributed by atoms with Crippen molar-refractivity contribution in [1.82, 2.24) is 30.2 Å². The van der Waals surface area contributed by atoms with Crippen molar-refractivity contribution in [2.24, 2.45) is 5.92 Å². The molecule has 0 bridgehead atoms. The number of hydrogen-bond donors (Lipinski definition) is 0. The quantitative estimate of drug-likeness (QED) is 0.377. The maximum absolute atomic E-state index is 12.8. The van der Waals surface area contributed by atoms with Gasteiger partial charge in [0.05, 0.1) is 5.69 Å². The summed E-state index contributed by atoms with van der Waals surface area (Å²) in [5.74, 6) is 1.77. The van der Waals surface area contributed by atoms with Crippen molar-refractivity contribution in [1.29, 1.82) is 0 Å². The summed E-state index contributed by atoms with van der Waals surface area (Å²) in [6.45, 7) is 8.29. The minimum Gasteiger partial charge on any atom is -0.470 e. The highest BCUT2D eigenvalue weighted by Gasteiger charge is 2.15. The van der Waals surface area contributed by atoms with E-state index in [4.69, 9.17) is 4.74 Å². The van der Waals surface area contributed by atoms with E-state index in [2.05, 4.69) is 58.4 Å². The molecule has 0 aliphatic heterocycles. The topological polar surface area (TPSA) is 81.9 Å². The van der Waals surface area contributed by atoms with Crippen LogP contribution in [0.15, 0.2) is 54.4 Å². The first-order chi connectivity index (χ1) is 16.3. The molecule has 3 aromatic heterocycles. The van der Waals surface area contributed by atoms with E-state index in [1.165, 1.54) is 22.4 Å². The predicted octanol–water partition coefficient (Wildman–Crippen LogP) is 5.22. The van der Waals surface area contributed by atoms with Gasteiger partial charge in [-0.15, -0.1) is 15.3 Å².